The Balaban J connectivity index is 1.81. The summed E-state index contributed by atoms with van der Waals surface area (Å²) in [5, 5.41) is 13.3. The van der Waals surface area contributed by atoms with E-state index in [0.29, 0.717) is 25.1 Å². The van der Waals surface area contributed by atoms with Gasteiger partial charge in [0.25, 0.3) is 5.56 Å². The van der Waals surface area contributed by atoms with Gasteiger partial charge >= 0.3 is 5.97 Å². The summed E-state index contributed by atoms with van der Waals surface area (Å²) in [4.78, 5) is 37.2. The van der Waals surface area contributed by atoms with Crippen molar-refractivity contribution in [3.05, 3.63) is 46.5 Å². The molecule has 1 aromatic heterocycles. The quantitative estimate of drug-likeness (QED) is 0.829. The number of carboxylic acid groups (broad SMARTS) is 1. The fourth-order valence-corrected chi connectivity index (χ4v) is 3.17. The molecule has 2 aromatic rings. The number of piperidine rings is 1. The predicted molar refractivity (Wildman–Crippen MR) is 97.4 cm³/mol. The number of aliphatic carboxylic acids is 1. The number of benzene rings is 1. The smallest absolute Gasteiger partial charge is 0.308 e. The minimum absolute atomic E-state index is 0.107. The number of halogens is 1. The Kier molecular flexibility index (Phi) is 5.72. The fourth-order valence-electron chi connectivity index (χ4n) is 3.17. The van der Waals surface area contributed by atoms with Crippen molar-refractivity contribution < 1.29 is 23.8 Å². The van der Waals surface area contributed by atoms with Crippen molar-refractivity contribution in [1.29, 1.82) is 0 Å². The Bertz CT molecular complexity index is 959. The van der Waals surface area contributed by atoms with E-state index in [9.17, 15) is 18.8 Å². The molecule has 148 valence electrons. The summed E-state index contributed by atoms with van der Waals surface area (Å²) >= 11 is 0. The topological polar surface area (TPSA) is 102 Å². The number of rotatable bonds is 5. The molecule has 1 aliphatic rings. The Hall–Kier alpha value is -3.23. The van der Waals surface area contributed by atoms with Crippen molar-refractivity contribution in [1.82, 2.24) is 14.7 Å². The first-order valence-electron chi connectivity index (χ1n) is 8.81. The number of amides is 1. The number of ether oxygens (including phenoxy) is 1. The molecular weight excluding hydrogens is 369 g/mol. The molecule has 1 amide bonds. The van der Waals surface area contributed by atoms with Crippen molar-refractivity contribution in [2.45, 2.75) is 19.4 Å². The third-order valence-electron chi connectivity index (χ3n) is 4.73. The minimum Gasteiger partial charge on any atom is -0.497 e. The summed E-state index contributed by atoms with van der Waals surface area (Å²) in [7, 11) is 1.42. The summed E-state index contributed by atoms with van der Waals surface area (Å²) in [5.41, 5.74) is -0.127. The number of aromatic nitrogens is 2. The van der Waals surface area contributed by atoms with E-state index in [-0.39, 0.29) is 24.3 Å². The van der Waals surface area contributed by atoms with E-state index >= 15 is 0 Å². The van der Waals surface area contributed by atoms with Crippen molar-refractivity contribution in [3.63, 3.8) is 0 Å². The van der Waals surface area contributed by atoms with E-state index in [1.165, 1.54) is 36.3 Å². The molecule has 1 aromatic carbocycles. The first kappa shape index (κ1) is 19.5. The number of hydrogen-bond acceptors (Lipinski definition) is 5. The highest BCUT2D eigenvalue weighted by molar-refractivity contribution is 5.77. The van der Waals surface area contributed by atoms with E-state index in [1.807, 2.05) is 0 Å². The molecular formula is C19H20FN3O5. The van der Waals surface area contributed by atoms with Gasteiger partial charge in [-0.15, -0.1) is 0 Å². The third kappa shape index (κ3) is 4.19. The van der Waals surface area contributed by atoms with Crippen LogP contribution in [0.5, 0.6) is 5.75 Å². The molecule has 0 spiro atoms. The monoisotopic (exact) mass is 389 g/mol. The van der Waals surface area contributed by atoms with Crippen molar-refractivity contribution >= 4 is 11.9 Å². The van der Waals surface area contributed by atoms with Gasteiger partial charge in [0.1, 0.15) is 18.1 Å². The number of methoxy groups -OCH3 is 1. The molecule has 0 aliphatic carbocycles. The van der Waals surface area contributed by atoms with E-state index in [0.717, 1.165) is 4.68 Å². The van der Waals surface area contributed by atoms with E-state index < -0.39 is 29.2 Å². The maximum Gasteiger partial charge on any atom is 0.308 e. The molecule has 0 unspecified atom stereocenters. The van der Waals surface area contributed by atoms with Crippen LogP contribution in [0.2, 0.25) is 0 Å². The molecule has 8 nitrogen and oxygen atoms in total. The highest BCUT2D eigenvalue weighted by atomic mass is 19.1. The average molecular weight is 389 g/mol. The summed E-state index contributed by atoms with van der Waals surface area (Å²) in [6, 6.07) is 6.86. The highest BCUT2D eigenvalue weighted by Crippen LogP contribution is 2.24. The Labute approximate surface area is 160 Å². The van der Waals surface area contributed by atoms with Crippen molar-refractivity contribution in [3.8, 4) is 17.0 Å². The van der Waals surface area contributed by atoms with Crippen LogP contribution in [-0.2, 0) is 16.1 Å². The molecule has 1 N–H and O–H groups in total. The summed E-state index contributed by atoms with van der Waals surface area (Å²) in [6.07, 6.45) is 1.10. The van der Waals surface area contributed by atoms with E-state index in [1.54, 1.807) is 6.07 Å². The van der Waals surface area contributed by atoms with Gasteiger partial charge in [-0.1, -0.05) is 0 Å². The zero-order valence-electron chi connectivity index (χ0n) is 15.3. The van der Waals surface area contributed by atoms with Gasteiger partial charge in [-0.05, 0) is 31.0 Å². The number of hydrogen-bond donors (Lipinski definition) is 1. The first-order chi connectivity index (χ1) is 13.4. The number of likely N-dealkylation sites (tertiary alicyclic amines) is 1. The van der Waals surface area contributed by atoms with Crippen LogP contribution in [0.1, 0.15) is 12.8 Å². The molecule has 2 heterocycles. The van der Waals surface area contributed by atoms with Crippen LogP contribution < -0.4 is 10.3 Å². The molecule has 9 heteroatoms. The van der Waals surface area contributed by atoms with Crippen LogP contribution >= 0.6 is 0 Å². The standard InChI is InChI=1S/C19H20FN3O5/c1-28-13-4-5-14(15(20)9-13)16-6-7-17(24)23(21-16)11-18(25)22-8-2-3-12(10-22)19(26)27/h4-7,9,12H,2-3,8,10-11H2,1H3,(H,26,27)/t12-/m1/s1. The molecule has 1 saturated heterocycles. The Morgan fingerprint density at radius 1 is 1.32 bits per heavy atom. The average Bonchev–Trinajstić information content (AvgIpc) is 2.69. The summed E-state index contributed by atoms with van der Waals surface area (Å²) < 4.78 is 20.2. The summed E-state index contributed by atoms with van der Waals surface area (Å²) in [6.45, 7) is 0.205. The van der Waals surface area contributed by atoms with Crippen LogP contribution in [0.3, 0.4) is 0 Å². The normalized spacial score (nSPS) is 16.6. The lowest BCUT2D eigenvalue weighted by atomic mass is 9.98. The summed E-state index contributed by atoms with van der Waals surface area (Å²) in [5.74, 6) is -2.16. The first-order valence-corrected chi connectivity index (χ1v) is 8.81. The lowest BCUT2D eigenvalue weighted by Crippen LogP contribution is -2.44. The van der Waals surface area contributed by atoms with E-state index in [4.69, 9.17) is 9.84 Å². The fraction of sp³-hybridized carbons (Fsp3) is 0.368. The van der Waals surface area contributed by atoms with Gasteiger partial charge in [0.2, 0.25) is 5.91 Å². The highest BCUT2D eigenvalue weighted by Gasteiger charge is 2.28. The van der Waals surface area contributed by atoms with Gasteiger partial charge in [-0.3, -0.25) is 14.4 Å². The molecule has 3 rings (SSSR count). The molecule has 1 aliphatic heterocycles. The van der Waals surface area contributed by atoms with Crippen LogP contribution in [0, 0.1) is 11.7 Å². The zero-order valence-corrected chi connectivity index (χ0v) is 15.3. The SMILES string of the molecule is COc1ccc(-c2ccc(=O)n(CC(=O)N3CCC[C@@H](C(=O)O)C3)n2)c(F)c1. The minimum atomic E-state index is -0.940. The number of carboxylic acids is 1. The lowest BCUT2D eigenvalue weighted by Gasteiger charge is -2.30. The lowest BCUT2D eigenvalue weighted by molar-refractivity contribution is -0.145. The predicted octanol–water partition coefficient (Wildman–Crippen LogP) is 1.38. The van der Waals surface area contributed by atoms with Crippen LogP contribution in [-0.4, -0.2) is 51.9 Å². The van der Waals surface area contributed by atoms with Gasteiger partial charge in [0.05, 0.1) is 18.7 Å². The van der Waals surface area contributed by atoms with Crippen LogP contribution in [0.25, 0.3) is 11.3 Å². The maximum atomic E-state index is 14.3. The van der Waals surface area contributed by atoms with Gasteiger partial charge in [0.15, 0.2) is 0 Å². The molecule has 0 saturated carbocycles. The zero-order chi connectivity index (χ0) is 20.3. The Morgan fingerprint density at radius 2 is 2.11 bits per heavy atom. The van der Waals surface area contributed by atoms with Gasteiger partial charge < -0.3 is 14.7 Å². The number of carbonyl (C=O) groups excluding carboxylic acids is 1. The van der Waals surface area contributed by atoms with Gasteiger partial charge in [-0.25, -0.2) is 9.07 Å². The maximum absolute atomic E-state index is 14.3. The molecule has 28 heavy (non-hydrogen) atoms. The number of carbonyl (C=O) groups is 2. The van der Waals surface area contributed by atoms with Crippen molar-refractivity contribution in [2.24, 2.45) is 5.92 Å². The third-order valence-corrected chi connectivity index (χ3v) is 4.73. The molecule has 1 atom stereocenters. The van der Waals surface area contributed by atoms with Crippen LogP contribution in [0.4, 0.5) is 4.39 Å². The second-order valence-corrected chi connectivity index (χ2v) is 6.58. The second kappa shape index (κ2) is 8.20. The largest absolute Gasteiger partial charge is 0.497 e. The Morgan fingerprint density at radius 3 is 2.79 bits per heavy atom. The van der Waals surface area contributed by atoms with Gasteiger partial charge in [0, 0.05) is 30.8 Å². The second-order valence-electron chi connectivity index (χ2n) is 6.58. The molecule has 0 bridgehead atoms. The van der Waals surface area contributed by atoms with Gasteiger partial charge in [-0.2, -0.15) is 5.10 Å². The molecule has 1 fully saturated rings. The van der Waals surface area contributed by atoms with Crippen LogP contribution in [0.15, 0.2) is 35.1 Å². The molecule has 0 radical (unpaired) electrons. The van der Waals surface area contributed by atoms with E-state index in [2.05, 4.69) is 5.10 Å². The number of nitrogens with zero attached hydrogens (tertiary/aromatic N) is 3. The van der Waals surface area contributed by atoms with Crippen molar-refractivity contribution in [2.75, 3.05) is 20.2 Å².